The van der Waals surface area contributed by atoms with Crippen LogP contribution in [0.25, 0.3) is 0 Å². The minimum Gasteiger partial charge on any atom is -0.382 e. The number of morpholine rings is 1. The molecule has 2 fully saturated rings. The zero-order valence-electron chi connectivity index (χ0n) is 20.1. The SMILES string of the molecule is Clc1cccc(CC2(N(CCCN3CCOCC3)C3CCCCC3)CNc3cc(Cl)ccc32)c1. The molecule has 0 radical (unpaired) electrons. The van der Waals surface area contributed by atoms with Crippen LogP contribution in [0.1, 0.15) is 49.7 Å². The lowest BCUT2D eigenvalue weighted by Gasteiger charge is -2.48. The molecule has 0 spiro atoms. The van der Waals surface area contributed by atoms with Crippen LogP contribution in [0.3, 0.4) is 0 Å². The van der Waals surface area contributed by atoms with Gasteiger partial charge in [0.05, 0.1) is 18.8 Å². The van der Waals surface area contributed by atoms with Gasteiger partial charge >= 0.3 is 0 Å². The number of benzene rings is 2. The fraction of sp³-hybridized carbons (Fsp3) is 0.571. The second kappa shape index (κ2) is 11.2. The van der Waals surface area contributed by atoms with Crippen LogP contribution in [-0.2, 0) is 16.7 Å². The van der Waals surface area contributed by atoms with E-state index in [0.717, 1.165) is 62.4 Å². The summed E-state index contributed by atoms with van der Waals surface area (Å²) in [5.74, 6) is 0. The van der Waals surface area contributed by atoms with Crippen molar-refractivity contribution in [3.8, 4) is 0 Å². The number of nitrogens with zero attached hydrogens (tertiary/aromatic N) is 2. The third kappa shape index (κ3) is 5.42. The van der Waals surface area contributed by atoms with Gasteiger partial charge in [-0.05, 0) is 67.6 Å². The van der Waals surface area contributed by atoms with E-state index in [0.29, 0.717) is 6.04 Å². The predicted octanol–water partition coefficient (Wildman–Crippen LogP) is 6.21. The molecule has 2 heterocycles. The Labute approximate surface area is 214 Å². The van der Waals surface area contributed by atoms with E-state index in [4.69, 9.17) is 27.9 Å². The second-order valence-electron chi connectivity index (χ2n) is 10.2. The van der Waals surface area contributed by atoms with Gasteiger partial charge in [0.1, 0.15) is 0 Å². The van der Waals surface area contributed by atoms with Crippen molar-refractivity contribution in [1.82, 2.24) is 9.80 Å². The molecule has 0 amide bonds. The number of halogens is 2. The normalized spacial score (nSPS) is 23.7. The van der Waals surface area contributed by atoms with Gasteiger partial charge in [-0.25, -0.2) is 0 Å². The van der Waals surface area contributed by atoms with Crippen molar-refractivity contribution in [2.45, 2.75) is 56.5 Å². The molecule has 184 valence electrons. The first kappa shape index (κ1) is 24.4. The van der Waals surface area contributed by atoms with Gasteiger partial charge in [-0.3, -0.25) is 9.80 Å². The number of fused-ring (bicyclic) bond motifs is 1. The smallest absolute Gasteiger partial charge is 0.0698 e. The van der Waals surface area contributed by atoms with Crippen molar-refractivity contribution in [2.24, 2.45) is 0 Å². The van der Waals surface area contributed by atoms with Gasteiger partial charge in [-0.1, -0.05) is 60.7 Å². The molecule has 1 atom stereocenters. The van der Waals surface area contributed by atoms with Gasteiger partial charge in [0.25, 0.3) is 0 Å². The summed E-state index contributed by atoms with van der Waals surface area (Å²) in [5.41, 5.74) is 3.76. The van der Waals surface area contributed by atoms with Gasteiger partial charge in [0.2, 0.25) is 0 Å². The van der Waals surface area contributed by atoms with E-state index < -0.39 is 0 Å². The molecule has 1 aliphatic carbocycles. The lowest BCUT2D eigenvalue weighted by molar-refractivity contribution is 0.0170. The zero-order valence-corrected chi connectivity index (χ0v) is 21.6. The standard InChI is InChI=1S/C28H37Cl2N3O/c29-23-7-4-6-22(18-23)20-28(21-31-27-19-24(30)10-11-26(27)28)33(25-8-2-1-3-9-25)13-5-12-32-14-16-34-17-15-32/h4,6-7,10-11,18-19,25,31H,1-3,5,8-9,12-17,20-21H2. The van der Waals surface area contributed by atoms with E-state index >= 15 is 0 Å². The van der Waals surface area contributed by atoms with E-state index in [1.54, 1.807) is 0 Å². The number of hydrogen-bond acceptors (Lipinski definition) is 4. The van der Waals surface area contributed by atoms with E-state index in [1.807, 2.05) is 6.07 Å². The molecule has 2 aromatic rings. The van der Waals surface area contributed by atoms with Crippen molar-refractivity contribution in [1.29, 1.82) is 0 Å². The average Bonchev–Trinajstić information content (AvgIpc) is 3.21. The number of nitrogens with one attached hydrogen (secondary N) is 1. The molecule has 2 aromatic carbocycles. The van der Waals surface area contributed by atoms with Gasteiger partial charge < -0.3 is 10.1 Å². The molecule has 6 heteroatoms. The van der Waals surface area contributed by atoms with Crippen LogP contribution in [-0.4, -0.2) is 61.8 Å². The zero-order chi connectivity index (χ0) is 23.4. The Bertz CT molecular complexity index is 958. The molecule has 34 heavy (non-hydrogen) atoms. The summed E-state index contributed by atoms with van der Waals surface area (Å²) in [6.07, 6.45) is 8.73. The van der Waals surface area contributed by atoms with Crippen molar-refractivity contribution < 1.29 is 4.74 Å². The maximum atomic E-state index is 6.43. The summed E-state index contributed by atoms with van der Waals surface area (Å²) in [7, 11) is 0. The Morgan fingerprint density at radius 1 is 1.00 bits per heavy atom. The van der Waals surface area contributed by atoms with Gasteiger partial charge in [-0.2, -0.15) is 0 Å². The van der Waals surface area contributed by atoms with E-state index in [9.17, 15) is 0 Å². The summed E-state index contributed by atoms with van der Waals surface area (Å²) >= 11 is 12.8. The third-order valence-electron chi connectivity index (χ3n) is 7.98. The molecular formula is C28H37Cl2N3O. The van der Waals surface area contributed by atoms with Gasteiger partial charge in [0.15, 0.2) is 0 Å². The van der Waals surface area contributed by atoms with Crippen LogP contribution in [0.5, 0.6) is 0 Å². The number of hydrogen-bond donors (Lipinski definition) is 1. The van der Waals surface area contributed by atoms with Crippen molar-refractivity contribution >= 4 is 28.9 Å². The highest BCUT2D eigenvalue weighted by Crippen LogP contribution is 2.45. The van der Waals surface area contributed by atoms with Crippen LogP contribution in [0.2, 0.25) is 10.0 Å². The van der Waals surface area contributed by atoms with Gasteiger partial charge in [-0.15, -0.1) is 0 Å². The number of ether oxygens (including phenoxy) is 1. The first-order valence-corrected chi connectivity index (χ1v) is 13.7. The Hall–Kier alpha value is -1.30. The maximum absolute atomic E-state index is 6.43. The highest BCUT2D eigenvalue weighted by Gasteiger charge is 2.46. The van der Waals surface area contributed by atoms with Crippen LogP contribution < -0.4 is 5.32 Å². The molecule has 1 unspecified atom stereocenters. The van der Waals surface area contributed by atoms with Crippen molar-refractivity contribution in [3.05, 3.63) is 63.6 Å². The highest BCUT2D eigenvalue weighted by atomic mass is 35.5. The average molecular weight is 503 g/mol. The van der Waals surface area contributed by atoms with Crippen LogP contribution in [0.15, 0.2) is 42.5 Å². The van der Waals surface area contributed by atoms with E-state index in [1.165, 1.54) is 55.3 Å². The van der Waals surface area contributed by atoms with Crippen LogP contribution in [0, 0.1) is 0 Å². The predicted molar refractivity (Wildman–Crippen MR) is 142 cm³/mol. The second-order valence-corrected chi connectivity index (χ2v) is 11.0. The molecule has 1 saturated heterocycles. The van der Waals surface area contributed by atoms with Crippen molar-refractivity contribution in [3.63, 3.8) is 0 Å². The molecule has 4 nitrogen and oxygen atoms in total. The van der Waals surface area contributed by atoms with Crippen molar-refractivity contribution in [2.75, 3.05) is 51.3 Å². The molecule has 2 aliphatic heterocycles. The summed E-state index contributed by atoms with van der Waals surface area (Å²) in [5, 5.41) is 5.34. The topological polar surface area (TPSA) is 27.7 Å². The number of rotatable bonds is 8. The molecular weight excluding hydrogens is 465 g/mol. The Morgan fingerprint density at radius 2 is 1.79 bits per heavy atom. The Morgan fingerprint density at radius 3 is 2.59 bits per heavy atom. The first-order valence-electron chi connectivity index (χ1n) is 13.0. The fourth-order valence-electron chi connectivity index (χ4n) is 6.33. The molecule has 3 aliphatic rings. The van der Waals surface area contributed by atoms with E-state index in [-0.39, 0.29) is 5.54 Å². The van der Waals surface area contributed by atoms with Crippen LogP contribution >= 0.6 is 23.2 Å². The third-order valence-corrected chi connectivity index (χ3v) is 8.45. The minimum atomic E-state index is -0.0996. The Kier molecular flexibility index (Phi) is 8.02. The summed E-state index contributed by atoms with van der Waals surface area (Å²) in [6, 6.07) is 15.5. The molecule has 1 N–H and O–H groups in total. The summed E-state index contributed by atoms with van der Waals surface area (Å²) < 4.78 is 5.56. The lowest BCUT2D eigenvalue weighted by atomic mass is 9.80. The summed E-state index contributed by atoms with van der Waals surface area (Å²) in [4.78, 5) is 5.44. The maximum Gasteiger partial charge on any atom is 0.0698 e. The quantitative estimate of drug-likeness (QED) is 0.464. The summed E-state index contributed by atoms with van der Waals surface area (Å²) in [6.45, 7) is 6.99. The van der Waals surface area contributed by atoms with Gasteiger partial charge in [0, 0.05) is 48.0 Å². The largest absolute Gasteiger partial charge is 0.382 e. The Balaban J connectivity index is 1.47. The lowest BCUT2D eigenvalue weighted by Crippen LogP contribution is -2.55. The molecule has 5 rings (SSSR count). The molecule has 0 aromatic heterocycles. The fourth-order valence-corrected chi connectivity index (χ4v) is 6.72. The van der Waals surface area contributed by atoms with Crippen LogP contribution in [0.4, 0.5) is 5.69 Å². The molecule has 1 saturated carbocycles. The number of anilines is 1. The minimum absolute atomic E-state index is 0.0996. The monoisotopic (exact) mass is 501 g/mol. The molecule has 0 bridgehead atoms. The van der Waals surface area contributed by atoms with E-state index in [2.05, 4.69) is 51.5 Å². The first-order chi connectivity index (χ1) is 16.6. The highest BCUT2D eigenvalue weighted by molar-refractivity contribution is 6.31.